The van der Waals surface area contributed by atoms with Gasteiger partial charge in [-0.25, -0.2) is 9.78 Å². The van der Waals surface area contributed by atoms with Crippen LogP contribution in [0.2, 0.25) is 5.15 Å². The van der Waals surface area contributed by atoms with E-state index in [0.29, 0.717) is 28.9 Å². The first kappa shape index (κ1) is 13.8. The Kier molecular flexibility index (Phi) is 3.47. The van der Waals surface area contributed by atoms with Gasteiger partial charge in [-0.3, -0.25) is 0 Å². The highest BCUT2D eigenvalue weighted by molar-refractivity contribution is 6.29. The lowest BCUT2D eigenvalue weighted by atomic mass is 10.1. The van der Waals surface area contributed by atoms with Crippen molar-refractivity contribution in [3.63, 3.8) is 0 Å². The second-order valence-electron chi connectivity index (χ2n) is 4.76. The molecule has 2 heterocycles. The molecule has 0 amide bonds. The van der Waals surface area contributed by atoms with Crippen LogP contribution in [-0.4, -0.2) is 26.7 Å². The van der Waals surface area contributed by atoms with E-state index in [-0.39, 0.29) is 6.61 Å². The number of imidazole rings is 1. The third kappa shape index (κ3) is 2.67. The minimum absolute atomic E-state index is 0.268. The Morgan fingerprint density at radius 1 is 1.62 bits per heavy atom. The van der Waals surface area contributed by atoms with Crippen molar-refractivity contribution in [2.75, 3.05) is 0 Å². The normalized spacial score (nSPS) is 16.4. The number of aromatic nitrogens is 2. The zero-order valence-corrected chi connectivity index (χ0v) is 12.0. The molecule has 21 heavy (non-hydrogen) atoms. The number of ether oxygens (including phenoxy) is 2. The molecule has 7 heteroatoms. The van der Waals surface area contributed by atoms with Crippen molar-refractivity contribution in [1.82, 2.24) is 9.55 Å². The van der Waals surface area contributed by atoms with Gasteiger partial charge >= 0.3 is 5.97 Å². The highest BCUT2D eigenvalue weighted by atomic mass is 35.5. The first-order valence-electron chi connectivity index (χ1n) is 6.36. The second kappa shape index (κ2) is 5.29. The lowest BCUT2D eigenvalue weighted by Crippen LogP contribution is -2.24. The van der Waals surface area contributed by atoms with Crippen molar-refractivity contribution >= 4 is 17.6 Å². The Morgan fingerprint density at radius 3 is 3.10 bits per heavy atom. The van der Waals surface area contributed by atoms with Gasteiger partial charge in [0.25, 0.3) is 0 Å². The number of hydrogen-bond acceptors (Lipinski definition) is 4. The van der Waals surface area contributed by atoms with Crippen LogP contribution in [0.15, 0.2) is 24.4 Å². The van der Waals surface area contributed by atoms with Crippen LogP contribution in [0.3, 0.4) is 0 Å². The summed E-state index contributed by atoms with van der Waals surface area (Å²) in [6.45, 7) is 0.268. The van der Waals surface area contributed by atoms with Gasteiger partial charge in [-0.05, 0) is 11.6 Å². The van der Waals surface area contributed by atoms with Gasteiger partial charge in [0.05, 0.1) is 6.20 Å². The average molecular weight is 309 g/mol. The molecule has 110 valence electrons. The van der Waals surface area contributed by atoms with Gasteiger partial charge in [0.2, 0.25) is 0 Å². The van der Waals surface area contributed by atoms with Crippen molar-refractivity contribution in [2.24, 2.45) is 7.05 Å². The molecule has 0 spiro atoms. The summed E-state index contributed by atoms with van der Waals surface area (Å²) in [5.41, 5.74) is 0.870. The zero-order valence-electron chi connectivity index (χ0n) is 11.2. The fourth-order valence-electron chi connectivity index (χ4n) is 2.14. The summed E-state index contributed by atoms with van der Waals surface area (Å²) in [5.74, 6) is 0.887. The number of carboxylic acid groups (broad SMARTS) is 1. The fourth-order valence-corrected chi connectivity index (χ4v) is 2.29. The smallest absolute Gasteiger partial charge is 0.345 e. The summed E-state index contributed by atoms with van der Waals surface area (Å²) in [6, 6.07) is 5.30. The molecule has 1 unspecified atom stereocenters. The topological polar surface area (TPSA) is 73.6 Å². The Hall–Kier alpha value is -2.21. The maximum Gasteiger partial charge on any atom is 0.345 e. The van der Waals surface area contributed by atoms with Crippen LogP contribution in [0.1, 0.15) is 11.4 Å². The number of carbonyl (C=O) groups is 1. The number of aliphatic carboxylic acids is 1. The summed E-state index contributed by atoms with van der Waals surface area (Å²) in [7, 11) is 1.80. The van der Waals surface area contributed by atoms with Crippen molar-refractivity contribution in [1.29, 1.82) is 0 Å². The van der Waals surface area contributed by atoms with Gasteiger partial charge < -0.3 is 19.1 Å². The number of rotatable bonds is 4. The van der Waals surface area contributed by atoms with Crippen LogP contribution < -0.4 is 9.47 Å². The van der Waals surface area contributed by atoms with Crippen molar-refractivity contribution in [3.05, 3.63) is 40.9 Å². The highest BCUT2D eigenvalue weighted by Gasteiger charge is 2.28. The molecule has 0 fully saturated rings. The number of carboxylic acids is 1. The predicted molar refractivity (Wildman–Crippen MR) is 74.7 cm³/mol. The van der Waals surface area contributed by atoms with Gasteiger partial charge in [0, 0.05) is 19.5 Å². The van der Waals surface area contributed by atoms with Crippen LogP contribution in [0.5, 0.6) is 11.5 Å². The molecule has 1 atom stereocenters. The van der Waals surface area contributed by atoms with E-state index in [1.165, 1.54) is 0 Å². The monoisotopic (exact) mass is 308 g/mol. The van der Waals surface area contributed by atoms with E-state index in [1.54, 1.807) is 29.9 Å². The summed E-state index contributed by atoms with van der Waals surface area (Å²) in [4.78, 5) is 15.1. The molecule has 0 saturated carbocycles. The van der Waals surface area contributed by atoms with Gasteiger partial charge in [-0.1, -0.05) is 17.7 Å². The van der Waals surface area contributed by atoms with E-state index in [1.807, 2.05) is 6.07 Å². The third-order valence-electron chi connectivity index (χ3n) is 3.38. The molecule has 2 aromatic rings. The van der Waals surface area contributed by atoms with E-state index in [0.717, 1.165) is 5.56 Å². The molecule has 1 aromatic heterocycles. The summed E-state index contributed by atoms with van der Waals surface area (Å²) >= 11 is 5.90. The van der Waals surface area contributed by atoms with Gasteiger partial charge in [-0.2, -0.15) is 0 Å². The Labute approximate surface area is 125 Å². The lowest BCUT2D eigenvalue weighted by Gasteiger charge is -2.08. The van der Waals surface area contributed by atoms with E-state index in [4.69, 9.17) is 26.2 Å². The second-order valence-corrected chi connectivity index (χ2v) is 5.15. The first-order chi connectivity index (χ1) is 10.0. The molecule has 1 aliphatic heterocycles. The highest BCUT2D eigenvalue weighted by Crippen LogP contribution is 2.32. The van der Waals surface area contributed by atoms with Crippen molar-refractivity contribution in [2.45, 2.75) is 19.1 Å². The standard InChI is InChI=1S/C14H13ClN2O4/c1-17-12(15)6-16-13(17)7-20-9-3-2-8-4-11(14(18)19)21-10(8)5-9/h2-3,5-6,11H,4,7H2,1H3,(H,18,19). The van der Waals surface area contributed by atoms with Gasteiger partial charge in [0.15, 0.2) is 6.10 Å². The minimum atomic E-state index is -0.962. The van der Waals surface area contributed by atoms with E-state index in [9.17, 15) is 4.79 Å². The van der Waals surface area contributed by atoms with Crippen LogP contribution in [0, 0.1) is 0 Å². The summed E-state index contributed by atoms with van der Waals surface area (Å²) in [5, 5.41) is 9.50. The number of benzene rings is 1. The van der Waals surface area contributed by atoms with Gasteiger partial charge in [-0.15, -0.1) is 0 Å². The Morgan fingerprint density at radius 2 is 2.43 bits per heavy atom. The Bertz CT molecular complexity index is 698. The molecule has 0 saturated heterocycles. The van der Waals surface area contributed by atoms with E-state index in [2.05, 4.69) is 4.98 Å². The van der Waals surface area contributed by atoms with Crippen molar-refractivity contribution < 1.29 is 19.4 Å². The molecular weight excluding hydrogens is 296 g/mol. The molecule has 3 rings (SSSR count). The van der Waals surface area contributed by atoms with E-state index >= 15 is 0 Å². The number of halogens is 1. The minimum Gasteiger partial charge on any atom is -0.486 e. The predicted octanol–water partition coefficient (Wildman–Crippen LogP) is 2.04. The largest absolute Gasteiger partial charge is 0.486 e. The third-order valence-corrected chi connectivity index (χ3v) is 3.74. The molecule has 0 radical (unpaired) electrons. The zero-order chi connectivity index (χ0) is 15.0. The number of hydrogen-bond donors (Lipinski definition) is 1. The lowest BCUT2D eigenvalue weighted by molar-refractivity contribution is -0.144. The van der Waals surface area contributed by atoms with E-state index < -0.39 is 12.1 Å². The summed E-state index contributed by atoms with van der Waals surface area (Å²) in [6.07, 6.45) is 1.12. The van der Waals surface area contributed by atoms with Crippen LogP contribution in [0.25, 0.3) is 0 Å². The van der Waals surface area contributed by atoms with Gasteiger partial charge in [0.1, 0.15) is 29.1 Å². The first-order valence-corrected chi connectivity index (χ1v) is 6.73. The SMILES string of the molecule is Cn1c(Cl)cnc1COc1ccc2c(c1)OC(C(=O)O)C2. The molecule has 6 nitrogen and oxygen atoms in total. The quantitative estimate of drug-likeness (QED) is 0.935. The average Bonchev–Trinajstić information content (AvgIpc) is 3.02. The molecule has 0 bridgehead atoms. The van der Waals surface area contributed by atoms with Crippen LogP contribution in [0.4, 0.5) is 0 Å². The number of fused-ring (bicyclic) bond motifs is 1. The fraction of sp³-hybridized carbons (Fsp3) is 0.286. The molecule has 0 aliphatic carbocycles. The van der Waals surface area contributed by atoms with Crippen LogP contribution >= 0.6 is 11.6 Å². The Balaban J connectivity index is 1.70. The maximum atomic E-state index is 10.9. The molecule has 1 aliphatic rings. The summed E-state index contributed by atoms with van der Waals surface area (Å²) < 4.78 is 12.7. The van der Waals surface area contributed by atoms with Crippen molar-refractivity contribution in [3.8, 4) is 11.5 Å². The molecule has 1 N–H and O–H groups in total. The maximum absolute atomic E-state index is 10.9. The van der Waals surface area contributed by atoms with Crippen LogP contribution in [-0.2, 0) is 24.9 Å². The molecule has 1 aromatic carbocycles. The number of nitrogens with zero attached hydrogens (tertiary/aromatic N) is 2. The molecular formula is C14H13ClN2O4.